The summed E-state index contributed by atoms with van der Waals surface area (Å²) in [4.78, 5) is 0. The summed E-state index contributed by atoms with van der Waals surface area (Å²) in [5.74, 6) is 0.127. The fraction of sp³-hybridized carbons (Fsp3) is 0.400. The quantitative estimate of drug-likeness (QED) is 0.660. The molecule has 1 aliphatic rings. The fourth-order valence-electron chi connectivity index (χ4n) is 1.91. The Kier molecular flexibility index (Phi) is 2.18. The Hall–Kier alpha value is -0.770. The Morgan fingerprint density at radius 1 is 1.43 bits per heavy atom. The van der Waals surface area contributed by atoms with E-state index in [9.17, 15) is 10.2 Å². The predicted molar refractivity (Wildman–Crippen MR) is 54.2 cm³/mol. The highest BCUT2D eigenvalue weighted by Crippen LogP contribution is 2.42. The van der Waals surface area contributed by atoms with Gasteiger partial charge in [-0.15, -0.1) is 0 Å². The van der Waals surface area contributed by atoms with Gasteiger partial charge in [0.2, 0.25) is 0 Å². The Labute approximate surface area is 87.1 Å². The molecule has 76 valence electrons. The lowest BCUT2D eigenvalue weighted by Crippen LogP contribution is -2.51. The smallest absolute Gasteiger partial charge is 0.117 e. The van der Waals surface area contributed by atoms with Gasteiger partial charge in [-0.2, -0.15) is 0 Å². The van der Waals surface area contributed by atoms with Gasteiger partial charge in [-0.1, -0.05) is 17.7 Å². The molecule has 3 nitrogen and oxygen atoms in total. The lowest BCUT2D eigenvalue weighted by molar-refractivity contribution is 0.0210. The largest absolute Gasteiger partial charge is 0.508 e. The fourth-order valence-corrected chi connectivity index (χ4v) is 2.27. The third-order valence-electron chi connectivity index (χ3n) is 2.69. The highest BCUT2D eigenvalue weighted by molar-refractivity contribution is 6.31. The zero-order valence-electron chi connectivity index (χ0n) is 7.57. The maximum atomic E-state index is 9.22. The molecule has 0 aromatic heterocycles. The summed E-state index contributed by atoms with van der Waals surface area (Å²) in [5.41, 5.74) is 6.31. The molecule has 4 heteroatoms. The Bertz CT molecular complexity index is 361. The first-order valence-corrected chi connectivity index (χ1v) is 4.85. The summed E-state index contributed by atoms with van der Waals surface area (Å²) in [6.45, 7) is 0. The molecule has 14 heavy (non-hydrogen) atoms. The van der Waals surface area contributed by atoms with E-state index in [0.717, 1.165) is 5.56 Å². The molecule has 0 heterocycles. The van der Waals surface area contributed by atoms with Crippen molar-refractivity contribution < 1.29 is 10.2 Å². The topological polar surface area (TPSA) is 66.5 Å². The second-order valence-corrected chi connectivity index (χ2v) is 4.29. The number of aromatic hydroxyl groups is 1. The first-order valence-electron chi connectivity index (χ1n) is 4.47. The van der Waals surface area contributed by atoms with Gasteiger partial charge in [0.25, 0.3) is 0 Å². The number of aliphatic hydroxyl groups excluding tert-OH is 1. The van der Waals surface area contributed by atoms with Crippen molar-refractivity contribution in [2.24, 2.45) is 5.73 Å². The Morgan fingerprint density at radius 3 is 2.57 bits per heavy atom. The molecule has 1 fully saturated rings. The molecule has 1 aromatic rings. The van der Waals surface area contributed by atoms with E-state index in [4.69, 9.17) is 17.3 Å². The Morgan fingerprint density at radius 2 is 2.07 bits per heavy atom. The second-order valence-electron chi connectivity index (χ2n) is 3.88. The van der Waals surface area contributed by atoms with Crippen LogP contribution in [0.5, 0.6) is 5.75 Å². The normalized spacial score (nSPS) is 31.2. The van der Waals surface area contributed by atoms with Crippen LogP contribution in [-0.2, 0) is 5.54 Å². The van der Waals surface area contributed by atoms with E-state index >= 15 is 0 Å². The molecular formula is C10H12ClNO2. The van der Waals surface area contributed by atoms with Crippen LogP contribution in [0.3, 0.4) is 0 Å². The molecule has 0 spiro atoms. The van der Waals surface area contributed by atoms with E-state index in [1.165, 1.54) is 6.07 Å². The summed E-state index contributed by atoms with van der Waals surface area (Å²) >= 11 is 5.95. The number of hydrogen-bond acceptors (Lipinski definition) is 3. The van der Waals surface area contributed by atoms with Gasteiger partial charge in [0.1, 0.15) is 5.75 Å². The van der Waals surface area contributed by atoms with Crippen molar-refractivity contribution in [3.8, 4) is 5.75 Å². The SMILES string of the molecule is NC1(c2ccc(O)cc2Cl)CC(O)C1. The molecule has 0 aliphatic heterocycles. The zero-order chi connectivity index (χ0) is 10.3. The van der Waals surface area contributed by atoms with Crippen molar-refractivity contribution in [3.05, 3.63) is 28.8 Å². The van der Waals surface area contributed by atoms with Crippen LogP contribution in [-0.4, -0.2) is 16.3 Å². The van der Waals surface area contributed by atoms with E-state index in [0.29, 0.717) is 17.9 Å². The summed E-state index contributed by atoms with van der Waals surface area (Å²) in [6, 6.07) is 4.74. The molecule has 0 saturated heterocycles. The molecule has 4 N–H and O–H groups in total. The van der Waals surface area contributed by atoms with Crippen LogP contribution in [0.15, 0.2) is 18.2 Å². The van der Waals surface area contributed by atoms with Gasteiger partial charge in [0.15, 0.2) is 0 Å². The predicted octanol–water partition coefficient (Wildman–Crippen LogP) is 1.35. The summed E-state index contributed by atoms with van der Waals surface area (Å²) < 4.78 is 0. The summed E-state index contributed by atoms with van der Waals surface area (Å²) in [6.07, 6.45) is 0.722. The van der Waals surface area contributed by atoms with Crippen LogP contribution in [0, 0.1) is 0 Å². The first-order chi connectivity index (χ1) is 6.51. The van der Waals surface area contributed by atoms with E-state index in [-0.39, 0.29) is 11.9 Å². The summed E-state index contributed by atoms with van der Waals surface area (Å²) in [7, 11) is 0. The van der Waals surface area contributed by atoms with Crippen molar-refractivity contribution in [1.29, 1.82) is 0 Å². The average Bonchev–Trinajstić information content (AvgIpc) is 2.00. The number of phenolic OH excluding ortho intramolecular Hbond substituents is 1. The van der Waals surface area contributed by atoms with Crippen molar-refractivity contribution in [2.45, 2.75) is 24.5 Å². The highest BCUT2D eigenvalue weighted by Gasteiger charge is 2.42. The van der Waals surface area contributed by atoms with E-state index < -0.39 is 5.54 Å². The van der Waals surface area contributed by atoms with Crippen molar-refractivity contribution in [2.75, 3.05) is 0 Å². The lowest BCUT2D eigenvalue weighted by atomic mass is 9.70. The van der Waals surface area contributed by atoms with Crippen LogP contribution in [0.25, 0.3) is 0 Å². The van der Waals surface area contributed by atoms with E-state index in [1.54, 1.807) is 12.1 Å². The van der Waals surface area contributed by atoms with Gasteiger partial charge in [-0.25, -0.2) is 0 Å². The molecule has 0 amide bonds. The van der Waals surface area contributed by atoms with Gasteiger partial charge < -0.3 is 15.9 Å². The standard InChI is InChI=1S/C10H12ClNO2/c11-9-3-6(13)1-2-8(9)10(12)4-7(14)5-10/h1-3,7,13-14H,4-5,12H2. The van der Waals surface area contributed by atoms with Gasteiger partial charge in [-0.3, -0.25) is 0 Å². The number of benzene rings is 1. The van der Waals surface area contributed by atoms with Crippen molar-refractivity contribution in [3.63, 3.8) is 0 Å². The number of rotatable bonds is 1. The zero-order valence-corrected chi connectivity index (χ0v) is 8.33. The number of nitrogens with two attached hydrogens (primary N) is 1. The molecule has 0 bridgehead atoms. The molecular weight excluding hydrogens is 202 g/mol. The van der Waals surface area contributed by atoms with Crippen molar-refractivity contribution in [1.82, 2.24) is 0 Å². The molecule has 1 aliphatic carbocycles. The first kappa shape index (κ1) is 9.77. The number of hydrogen-bond donors (Lipinski definition) is 3. The van der Waals surface area contributed by atoms with Crippen LogP contribution in [0.4, 0.5) is 0 Å². The van der Waals surface area contributed by atoms with Crippen LogP contribution in [0.2, 0.25) is 5.02 Å². The average molecular weight is 214 g/mol. The van der Waals surface area contributed by atoms with Crippen molar-refractivity contribution >= 4 is 11.6 Å². The monoisotopic (exact) mass is 213 g/mol. The lowest BCUT2D eigenvalue weighted by Gasteiger charge is -2.43. The summed E-state index contributed by atoms with van der Waals surface area (Å²) in [5, 5.41) is 18.8. The second kappa shape index (κ2) is 3.12. The number of aliphatic hydroxyl groups is 1. The molecule has 1 saturated carbocycles. The number of halogens is 1. The van der Waals surface area contributed by atoms with Gasteiger partial charge >= 0.3 is 0 Å². The molecule has 0 radical (unpaired) electrons. The maximum absolute atomic E-state index is 9.22. The van der Waals surface area contributed by atoms with Crippen LogP contribution < -0.4 is 5.73 Å². The minimum atomic E-state index is -0.524. The molecule has 0 unspecified atom stereocenters. The molecule has 1 aromatic carbocycles. The van der Waals surface area contributed by atoms with Crippen LogP contribution >= 0.6 is 11.6 Å². The van der Waals surface area contributed by atoms with Crippen LogP contribution in [0.1, 0.15) is 18.4 Å². The van der Waals surface area contributed by atoms with E-state index in [2.05, 4.69) is 0 Å². The number of phenols is 1. The highest BCUT2D eigenvalue weighted by atomic mass is 35.5. The van der Waals surface area contributed by atoms with Gasteiger partial charge in [0, 0.05) is 10.6 Å². The maximum Gasteiger partial charge on any atom is 0.117 e. The minimum Gasteiger partial charge on any atom is -0.508 e. The van der Waals surface area contributed by atoms with Gasteiger partial charge in [-0.05, 0) is 30.5 Å². The third kappa shape index (κ3) is 1.47. The van der Waals surface area contributed by atoms with E-state index in [1.807, 2.05) is 0 Å². The third-order valence-corrected chi connectivity index (χ3v) is 3.00. The minimum absolute atomic E-state index is 0.127. The molecule has 2 rings (SSSR count). The molecule has 0 atom stereocenters. The Balaban J connectivity index is 2.33. The van der Waals surface area contributed by atoms with Gasteiger partial charge in [0.05, 0.1) is 6.10 Å².